The number of furan rings is 1. The predicted molar refractivity (Wildman–Crippen MR) is 69.0 cm³/mol. The molecule has 2 rings (SSSR count). The van der Waals surface area contributed by atoms with Crippen LogP contribution in [0, 0.1) is 0 Å². The summed E-state index contributed by atoms with van der Waals surface area (Å²) in [6, 6.07) is 10.1. The van der Waals surface area contributed by atoms with Crippen LogP contribution >= 0.6 is 0 Å². The second kappa shape index (κ2) is 5.84. The number of hydrogen-bond acceptors (Lipinski definition) is 3. The van der Waals surface area contributed by atoms with E-state index in [4.69, 9.17) is 9.52 Å². The van der Waals surface area contributed by atoms with Crippen LogP contribution in [0.4, 0.5) is 0 Å². The third kappa shape index (κ3) is 2.87. The Bertz CT molecular complexity index is 431. The molecule has 2 aromatic rings. The van der Waals surface area contributed by atoms with Crippen molar-refractivity contribution < 1.29 is 9.52 Å². The number of fused-ring (bicyclic) bond motifs is 1. The summed E-state index contributed by atoms with van der Waals surface area (Å²) in [6.07, 6.45) is 1.75. The summed E-state index contributed by atoms with van der Waals surface area (Å²) in [6.45, 7) is 3.22. The monoisotopic (exact) mass is 233 g/mol. The molecule has 17 heavy (non-hydrogen) atoms. The highest BCUT2D eigenvalue weighted by atomic mass is 16.3. The summed E-state index contributed by atoms with van der Waals surface area (Å²) in [4.78, 5) is 0. The lowest BCUT2D eigenvalue weighted by molar-refractivity contribution is 0.256. The Morgan fingerprint density at radius 2 is 2.18 bits per heavy atom. The van der Waals surface area contributed by atoms with Gasteiger partial charge in [-0.15, -0.1) is 0 Å². The number of para-hydroxylation sites is 1. The van der Waals surface area contributed by atoms with E-state index in [0.29, 0.717) is 6.42 Å². The van der Waals surface area contributed by atoms with Crippen LogP contribution in [0.3, 0.4) is 0 Å². The highest BCUT2D eigenvalue weighted by Gasteiger charge is 2.14. The van der Waals surface area contributed by atoms with Gasteiger partial charge in [-0.05, 0) is 31.5 Å². The van der Waals surface area contributed by atoms with Crippen molar-refractivity contribution >= 4 is 11.0 Å². The molecule has 1 aromatic heterocycles. The van der Waals surface area contributed by atoms with Gasteiger partial charge in [-0.25, -0.2) is 0 Å². The van der Waals surface area contributed by atoms with Crippen LogP contribution < -0.4 is 5.32 Å². The Balaban J connectivity index is 2.21. The van der Waals surface area contributed by atoms with E-state index in [0.717, 1.165) is 29.7 Å². The fourth-order valence-corrected chi connectivity index (χ4v) is 1.97. The number of nitrogens with one attached hydrogen (secondary N) is 1. The number of hydrogen-bond donors (Lipinski definition) is 2. The zero-order chi connectivity index (χ0) is 12.1. The summed E-state index contributed by atoms with van der Waals surface area (Å²) in [7, 11) is 0. The van der Waals surface area contributed by atoms with Gasteiger partial charge in [0.05, 0.1) is 6.04 Å². The van der Waals surface area contributed by atoms with Crippen LogP contribution in [0.15, 0.2) is 34.7 Å². The van der Waals surface area contributed by atoms with Crippen LogP contribution in [-0.4, -0.2) is 18.3 Å². The van der Waals surface area contributed by atoms with Crippen molar-refractivity contribution in [3.63, 3.8) is 0 Å². The minimum absolute atomic E-state index is 0.104. The lowest BCUT2D eigenvalue weighted by Gasteiger charge is -2.14. The number of aliphatic hydroxyl groups is 1. The Kier molecular flexibility index (Phi) is 4.18. The molecular formula is C14H19NO2. The van der Waals surface area contributed by atoms with Gasteiger partial charge in [0.25, 0.3) is 0 Å². The van der Waals surface area contributed by atoms with E-state index < -0.39 is 0 Å². The predicted octanol–water partition coefficient (Wildman–Crippen LogP) is 2.86. The van der Waals surface area contributed by atoms with E-state index >= 15 is 0 Å². The highest BCUT2D eigenvalue weighted by Crippen LogP contribution is 2.25. The average molecular weight is 233 g/mol. The van der Waals surface area contributed by atoms with Crippen molar-refractivity contribution in [2.24, 2.45) is 0 Å². The van der Waals surface area contributed by atoms with Gasteiger partial charge in [0, 0.05) is 12.0 Å². The fourth-order valence-electron chi connectivity index (χ4n) is 1.97. The van der Waals surface area contributed by atoms with Crippen molar-refractivity contribution in [1.29, 1.82) is 0 Å². The van der Waals surface area contributed by atoms with E-state index in [1.807, 2.05) is 24.3 Å². The van der Waals surface area contributed by atoms with Gasteiger partial charge < -0.3 is 14.8 Å². The van der Waals surface area contributed by atoms with Crippen molar-refractivity contribution in [1.82, 2.24) is 5.32 Å². The smallest absolute Gasteiger partial charge is 0.134 e. The molecule has 0 saturated carbocycles. The summed E-state index contributed by atoms with van der Waals surface area (Å²) in [5, 5.41) is 13.6. The molecule has 92 valence electrons. The zero-order valence-electron chi connectivity index (χ0n) is 10.1. The minimum Gasteiger partial charge on any atom is -0.459 e. The molecule has 0 spiro atoms. The first-order chi connectivity index (χ1) is 8.35. The third-order valence-electron chi connectivity index (χ3n) is 2.85. The third-order valence-corrected chi connectivity index (χ3v) is 2.85. The van der Waals surface area contributed by atoms with Gasteiger partial charge in [-0.1, -0.05) is 25.1 Å². The maximum Gasteiger partial charge on any atom is 0.134 e. The standard InChI is InChI=1S/C14H19NO2/c1-2-8-15-12(7-9-16)14-10-11-5-3-4-6-13(11)17-14/h3-6,10,12,15-16H,2,7-9H2,1H3. The zero-order valence-corrected chi connectivity index (χ0v) is 10.1. The van der Waals surface area contributed by atoms with Crippen LogP contribution in [0.5, 0.6) is 0 Å². The molecule has 0 amide bonds. The van der Waals surface area contributed by atoms with E-state index in [9.17, 15) is 0 Å². The van der Waals surface area contributed by atoms with Crippen LogP contribution in [-0.2, 0) is 0 Å². The van der Waals surface area contributed by atoms with Gasteiger partial charge >= 0.3 is 0 Å². The Hall–Kier alpha value is -1.32. The molecule has 0 aliphatic rings. The minimum atomic E-state index is 0.104. The van der Waals surface area contributed by atoms with E-state index in [1.54, 1.807) is 0 Å². The molecule has 0 fully saturated rings. The number of aliphatic hydroxyl groups excluding tert-OH is 1. The molecule has 3 nitrogen and oxygen atoms in total. The molecule has 0 bridgehead atoms. The summed E-state index contributed by atoms with van der Waals surface area (Å²) >= 11 is 0. The molecule has 1 aromatic carbocycles. The maximum atomic E-state index is 9.09. The van der Waals surface area contributed by atoms with Gasteiger partial charge in [0.15, 0.2) is 0 Å². The van der Waals surface area contributed by atoms with Crippen LogP contribution in [0.1, 0.15) is 31.6 Å². The Morgan fingerprint density at radius 3 is 2.88 bits per heavy atom. The molecule has 0 aliphatic heterocycles. The van der Waals surface area contributed by atoms with Crippen molar-refractivity contribution in [2.45, 2.75) is 25.8 Å². The molecule has 1 heterocycles. The topological polar surface area (TPSA) is 45.4 Å². The molecule has 0 saturated heterocycles. The van der Waals surface area contributed by atoms with Crippen LogP contribution in [0.2, 0.25) is 0 Å². The fraction of sp³-hybridized carbons (Fsp3) is 0.429. The highest BCUT2D eigenvalue weighted by molar-refractivity contribution is 5.77. The largest absolute Gasteiger partial charge is 0.459 e. The first-order valence-electron chi connectivity index (χ1n) is 6.18. The first kappa shape index (κ1) is 12.1. The quantitative estimate of drug-likeness (QED) is 0.806. The van der Waals surface area contributed by atoms with E-state index in [2.05, 4.69) is 18.3 Å². The van der Waals surface area contributed by atoms with E-state index in [1.165, 1.54) is 0 Å². The number of benzene rings is 1. The van der Waals surface area contributed by atoms with Gasteiger partial charge in [-0.2, -0.15) is 0 Å². The Labute approximate surface area is 101 Å². The molecule has 2 N–H and O–H groups in total. The lowest BCUT2D eigenvalue weighted by Crippen LogP contribution is -2.22. The summed E-state index contributed by atoms with van der Waals surface area (Å²) in [5.41, 5.74) is 0.906. The van der Waals surface area contributed by atoms with Crippen molar-refractivity contribution in [2.75, 3.05) is 13.2 Å². The van der Waals surface area contributed by atoms with Crippen molar-refractivity contribution in [3.8, 4) is 0 Å². The van der Waals surface area contributed by atoms with E-state index in [-0.39, 0.29) is 12.6 Å². The number of rotatable bonds is 6. The molecule has 0 aliphatic carbocycles. The lowest BCUT2D eigenvalue weighted by atomic mass is 10.1. The van der Waals surface area contributed by atoms with Gasteiger partial charge in [0.1, 0.15) is 11.3 Å². The molecule has 0 radical (unpaired) electrons. The summed E-state index contributed by atoms with van der Waals surface area (Å²) < 4.78 is 5.81. The Morgan fingerprint density at radius 1 is 1.35 bits per heavy atom. The molecular weight excluding hydrogens is 214 g/mol. The SMILES string of the molecule is CCCNC(CCO)c1cc2ccccc2o1. The second-order valence-corrected chi connectivity index (χ2v) is 4.21. The molecule has 3 heteroatoms. The first-order valence-corrected chi connectivity index (χ1v) is 6.18. The van der Waals surface area contributed by atoms with Gasteiger partial charge in [0.2, 0.25) is 0 Å². The second-order valence-electron chi connectivity index (χ2n) is 4.21. The maximum absolute atomic E-state index is 9.09. The normalized spacial score (nSPS) is 13.1. The summed E-state index contributed by atoms with van der Waals surface area (Å²) in [5.74, 6) is 0.911. The van der Waals surface area contributed by atoms with Crippen molar-refractivity contribution in [3.05, 3.63) is 36.1 Å². The molecule has 1 atom stereocenters. The van der Waals surface area contributed by atoms with Gasteiger partial charge in [-0.3, -0.25) is 0 Å². The van der Waals surface area contributed by atoms with Crippen LogP contribution in [0.25, 0.3) is 11.0 Å². The average Bonchev–Trinajstić information content (AvgIpc) is 2.78. The molecule has 1 unspecified atom stereocenters.